The quantitative estimate of drug-likeness (QED) is 0.0529. The second kappa shape index (κ2) is 22.8. The van der Waals surface area contributed by atoms with Crippen LogP contribution in [-0.2, 0) is 16.2 Å². The predicted molar refractivity (Wildman–Crippen MR) is 378 cm³/mol. The fourth-order valence-electron chi connectivity index (χ4n) is 11.8. The van der Waals surface area contributed by atoms with Crippen molar-refractivity contribution < 1.29 is 43.6 Å². The molecule has 0 aliphatic heterocycles. The van der Waals surface area contributed by atoms with Crippen LogP contribution >= 0.6 is 0 Å². The summed E-state index contributed by atoms with van der Waals surface area (Å²) >= 11 is 0. The standard InChI is InChI=1S/C84H74N4OSi/c1-82(2,3)63-46-47-85-80(54-63)88-75-41-26-25-40-72(75)73-44-43-68(56-77(73)88)89-67-33-27-32-66(55-67)86-57-87(76-45-42-60(51-78(76)86)58-28-15-10-16-29-58)81-74(62-48-64(83(4,5)6)53-65(49-62)84(7,8)9)50-61(59-30-17-11-18-31-59)52-79(81)90(69-34-19-12-20-35-69,70-36-21-13-22-37-70)71-38-23-14-24-39-71/h10-56H,1-9H3/i10D,11D,12D,13D,14D,15D,16D,17D,18D,19D,20D,21D,22D,23D,24D,28D,29D,30D,31D,34D,35D,36D,37D,38D,39D. The number of para-hydroxylation sites is 1. The zero-order valence-electron chi connectivity index (χ0n) is 75.9. The van der Waals surface area contributed by atoms with Crippen LogP contribution in [0.3, 0.4) is 0 Å². The molecule has 440 valence electrons. The van der Waals surface area contributed by atoms with Gasteiger partial charge in [0.05, 0.1) is 67.7 Å². The van der Waals surface area contributed by atoms with E-state index >= 15 is 0 Å². The fraction of sp³-hybridized carbons (Fsp3) is 0.143. The Hall–Kier alpha value is -10.1. The molecule has 0 fully saturated rings. The van der Waals surface area contributed by atoms with E-state index in [4.69, 9.17) is 19.3 Å². The van der Waals surface area contributed by atoms with Crippen LogP contribution in [0.4, 0.5) is 0 Å². The predicted octanol–water partition coefficient (Wildman–Crippen LogP) is 18.3. The molecule has 0 atom stereocenters. The maximum absolute atomic E-state index is 10.4. The third-order valence-electron chi connectivity index (χ3n) is 16.4. The lowest BCUT2D eigenvalue weighted by Crippen LogP contribution is -2.76. The Labute approximate surface area is 566 Å². The number of hydrogen-bond donors (Lipinski definition) is 0. The Morgan fingerprint density at radius 3 is 1.59 bits per heavy atom. The fourth-order valence-corrected chi connectivity index (χ4v) is 15.8. The minimum absolute atomic E-state index is 0.0389. The van der Waals surface area contributed by atoms with E-state index in [1.807, 2.05) is 102 Å². The van der Waals surface area contributed by atoms with Gasteiger partial charge >= 0.3 is 0 Å². The van der Waals surface area contributed by atoms with Crippen LogP contribution in [-0.4, -0.2) is 22.2 Å². The van der Waals surface area contributed by atoms with E-state index in [1.165, 1.54) is 39.5 Å². The molecule has 0 aliphatic rings. The van der Waals surface area contributed by atoms with E-state index in [1.54, 1.807) is 42.6 Å². The summed E-state index contributed by atoms with van der Waals surface area (Å²) in [7, 11) is -6.46. The summed E-state index contributed by atoms with van der Waals surface area (Å²) in [5.74, 6) is 1.25. The van der Waals surface area contributed by atoms with Gasteiger partial charge in [0, 0.05) is 23.0 Å². The lowest BCUT2D eigenvalue weighted by Gasteiger charge is -2.37. The Kier molecular flexibility index (Phi) is 9.05. The summed E-state index contributed by atoms with van der Waals surface area (Å²) in [6.07, 6.45) is 5.30. The van der Waals surface area contributed by atoms with Gasteiger partial charge in [-0.15, -0.1) is 0 Å². The molecule has 0 saturated heterocycles. The molecule has 14 rings (SSSR count). The maximum atomic E-state index is 10.4. The Bertz CT molecular complexity index is 6200. The molecule has 3 heterocycles. The summed E-state index contributed by atoms with van der Waals surface area (Å²) in [6, 6.07) is 13.6. The first kappa shape index (κ1) is 35.8. The van der Waals surface area contributed by atoms with Gasteiger partial charge in [-0.05, 0) is 148 Å². The van der Waals surface area contributed by atoms with Gasteiger partial charge in [0.15, 0.2) is 8.07 Å². The lowest BCUT2D eigenvalue weighted by molar-refractivity contribution is -0.570. The molecule has 90 heavy (non-hydrogen) atoms. The van der Waals surface area contributed by atoms with Gasteiger partial charge in [-0.25, -0.2) is 4.98 Å². The largest absolute Gasteiger partial charge is 0.458 e. The van der Waals surface area contributed by atoms with Crippen molar-refractivity contribution in [2.45, 2.75) is 78.6 Å². The molecule has 0 unspecified atom stereocenters. The van der Waals surface area contributed by atoms with Crippen LogP contribution in [0.15, 0.2) is 285 Å². The maximum Gasteiger partial charge on any atom is 0.269 e. The second-order valence-electron chi connectivity index (χ2n) is 25.2. The van der Waals surface area contributed by atoms with Crippen molar-refractivity contribution in [2.24, 2.45) is 0 Å². The first-order valence-electron chi connectivity index (χ1n) is 41.9. The van der Waals surface area contributed by atoms with Crippen molar-refractivity contribution in [3.63, 3.8) is 0 Å². The summed E-state index contributed by atoms with van der Waals surface area (Å²) in [5.41, 5.74) is 1.51. The highest BCUT2D eigenvalue weighted by Gasteiger charge is 2.44. The highest BCUT2D eigenvalue weighted by Crippen LogP contribution is 2.40. The van der Waals surface area contributed by atoms with Gasteiger partial charge in [-0.1, -0.05) is 274 Å². The number of hydrogen-bond acceptors (Lipinski definition) is 2. The SMILES string of the molecule is [2H]c1c([2H])c([2H])c(-c2cc(-c3cc(C(C)(C)C)cc(C(C)(C)C)c3)c(-[n+]3[c-]n(-c4cccc(Oc5ccc6c7ccccc7n(-c7cc(C(C)(C)C)ccn7)c6c5)c4)c4cc(-c5c([2H])c([2H])c([2H])c([2H])c5[2H])ccc43)c([Si](c3c([2H])c([2H])c([2H])c([2H])c3[2H])(c3c([2H])c([2H])c([2H])c([2H])c3[2H])c3c([2H])c([2H])c([2H])c([2H])c3[2H])c2)c([2H])c1[2H]. The number of nitrogens with zero attached hydrogens (tertiary/aromatic N) is 4. The van der Waals surface area contributed by atoms with Gasteiger partial charge in [0.2, 0.25) is 0 Å². The van der Waals surface area contributed by atoms with Gasteiger partial charge in [-0.2, -0.15) is 0 Å². The number of aromatic nitrogens is 4. The first-order valence-corrected chi connectivity index (χ1v) is 31.4. The summed E-state index contributed by atoms with van der Waals surface area (Å²) < 4.78 is 251. The first-order chi connectivity index (χ1) is 53.9. The lowest BCUT2D eigenvalue weighted by atomic mass is 9.78. The zero-order chi connectivity index (χ0) is 83.7. The molecule has 5 nitrogen and oxygen atoms in total. The molecule has 0 spiro atoms. The Balaban J connectivity index is 1.23. The zero-order valence-corrected chi connectivity index (χ0v) is 51.9. The molecule has 11 aromatic carbocycles. The van der Waals surface area contributed by atoms with Crippen LogP contribution in [0.5, 0.6) is 11.5 Å². The molecule has 0 aliphatic carbocycles. The molecule has 0 saturated carbocycles. The molecule has 0 N–H and O–H groups in total. The van der Waals surface area contributed by atoms with Gasteiger partial charge < -0.3 is 4.74 Å². The van der Waals surface area contributed by atoms with Gasteiger partial charge in [0.1, 0.15) is 17.3 Å². The van der Waals surface area contributed by atoms with Crippen LogP contribution < -0.4 is 30.1 Å². The van der Waals surface area contributed by atoms with Crippen molar-refractivity contribution >= 4 is 61.7 Å². The smallest absolute Gasteiger partial charge is 0.269 e. The highest BCUT2D eigenvalue weighted by molar-refractivity contribution is 7.20. The second-order valence-corrected chi connectivity index (χ2v) is 28.8. The van der Waals surface area contributed by atoms with Crippen LogP contribution in [0.25, 0.3) is 83.4 Å². The van der Waals surface area contributed by atoms with E-state index in [0.717, 1.165) is 27.4 Å². The van der Waals surface area contributed by atoms with E-state index in [-0.39, 0.29) is 61.4 Å². The van der Waals surface area contributed by atoms with E-state index in [9.17, 15) is 24.7 Å². The van der Waals surface area contributed by atoms with Gasteiger partial charge in [0.25, 0.3) is 6.33 Å². The number of rotatable bonds is 12. The molecular formula is C84H74N4OSi. The normalized spacial score (nSPS) is 16.2. The summed E-state index contributed by atoms with van der Waals surface area (Å²) in [6.45, 7) is 18.0. The topological polar surface area (TPSA) is 35.9 Å². The minimum Gasteiger partial charge on any atom is -0.458 e. The molecule has 0 amide bonds. The molecule has 0 bridgehead atoms. The summed E-state index contributed by atoms with van der Waals surface area (Å²) in [4.78, 5) is 4.87. The average Bonchev–Trinajstić information content (AvgIpc) is 1.15. The number of pyridine rings is 1. The highest BCUT2D eigenvalue weighted by atomic mass is 28.3. The van der Waals surface area contributed by atoms with E-state index in [0.29, 0.717) is 22.7 Å². The molecule has 0 radical (unpaired) electrons. The third kappa shape index (κ3) is 10.5. The van der Waals surface area contributed by atoms with Crippen molar-refractivity contribution in [3.8, 4) is 62.1 Å². The molecule has 3 aromatic heterocycles. The van der Waals surface area contributed by atoms with Crippen LogP contribution in [0.2, 0.25) is 0 Å². The molecule has 6 heteroatoms. The number of fused-ring (bicyclic) bond motifs is 4. The van der Waals surface area contributed by atoms with Crippen LogP contribution in [0, 0.1) is 6.33 Å². The Morgan fingerprint density at radius 1 is 0.433 bits per heavy atom. The van der Waals surface area contributed by atoms with Crippen LogP contribution in [0.1, 0.15) is 113 Å². The number of imidazole rings is 1. The third-order valence-corrected chi connectivity index (χ3v) is 20.6. The Morgan fingerprint density at radius 2 is 0.989 bits per heavy atom. The molecular weight excluding hydrogens is 1110 g/mol. The van der Waals surface area contributed by atoms with E-state index in [2.05, 4.69) is 31.7 Å². The number of ether oxygens (including phenoxy) is 1. The van der Waals surface area contributed by atoms with E-state index < -0.39 is 196 Å². The van der Waals surface area contributed by atoms with Crippen molar-refractivity contribution in [3.05, 3.63) is 308 Å². The van der Waals surface area contributed by atoms with Crippen molar-refractivity contribution in [1.82, 2.24) is 14.1 Å². The average molecular weight is 1210 g/mol. The van der Waals surface area contributed by atoms with Crippen molar-refractivity contribution in [2.75, 3.05) is 0 Å². The van der Waals surface area contributed by atoms with Crippen molar-refractivity contribution in [1.29, 1.82) is 0 Å². The minimum atomic E-state index is -6.46. The molecule has 14 aromatic rings. The number of benzene rings is 11. The van der Waals surface area contributed by atoms with Gasteiger partial charge in [-0.3, -0.25) is 13.7 Å². The summed E-state index contributed by atoms with van der Waals surface area (Å²) in [5, 5.41) is -1.42. The monoisotopic (exact) mass is 1210 g/mol.